The van der Waals surface area contributed by atoms with E-state index in [1.807, 2.05) is 7.05 Å². The number of aliphatic hydroxyl groups is 1. The van der Waals surface area contributed by atoms with Gasteiger partial charge in [-0.3, -0.25) is 0 Å². The molecule has 1 aliphatic rings. The number of hydrogen-bond donors (Lipinski definition) is 2. The molecule has 1 fully saturated rings. The fourth-order valence-corrected chi connectivity index (χ4v) is 3.17. The van der Waals surface area contributed by atoms with Crippen LogP contribution in [-0.2, 0) is 6.54 Å². The molecule has 0 aliphatic heterocycles. The first kappa shape index (κ1) is 12.8. The van der Waals surface area contributed by atoms with Gasteiger partial charge in [0.05, 0.1) is 12.6 Å². The molecule has 0 aromatic carbocycles. The van der Waals surface area contributed by atoms with Crippen molar-refractivity contribution >= 4 is 11.8 Å². The Labute approximate surface area is 105 Å². The van der Waals surface area contributed by atoms with E-state index in [1.165, 1.54) is 6.42 Å². The van der Waals surface area contributed by atoms with Crippen LogP contribution in [0.5, 0.6) is 0 Å². The van der Waals surface area contributed by atoms with Gasteiger partial charge in [0.25, 0.3) is 0 Å². The third-order valence-electron chi connectivity index (χ3n) is 3.00. The highest BCUT2D eigenvalue weighted by Crippen LogP contribution is 2.32. The summed E-state index contributed by atoms with van der Waals surface area (Å²) in [5, 5.41) is 25.7. The van der Waals surface area contributed by atoms with Crippen molar-refractivity contribution in [2.45, 2.75) is 48.7 Å². The highest BCUT2D eigenvalue weighted by Gasteiger charge is 2.25. The van der Waals surface area contributed by atoms with Gasteiger partial charge in [0, 0.05) is 11.8 Å². The van der Waals surface area contributed by atoms with Crippen molar-refractivity contribution in [3.63, 3.8) is 0 Å². The minimum absolute atomic E-state index is 0.219. The van der Waals surface area contributed by atoms with Gasteiger partial charge in [-0.2, -0.15) is 0 Å². The first-order valence-electron chi connectivity index (χ1n) is 6.06. The van der Waals surface area contributed by atoms with E-state index in [4.69, 9.17) is 0 Å². The van der Waals surface area contributed by atoms with Gasteiger partial charge in [-0.05, 0) is 30.3 Å². The molecule has 96 valence electrons. The summed E-state index contributed by atoms with van der Waals surface area (Å²) in [6, 6.07) is 0. The van der Waals surface area contributed by atoms with Crippen LogP contribution in [-0.4, -0.2) is 50.3 Å². The molecule has 6 nitrogen and oxygen atoms in total. The average Bonchev–Trinajstić information content (AvgIpc) is 2.77. The second-order valence-corrected chi connectivity index (χ2v) is 5.50. The Kier molecular flexibility index (Phi) is 4.75. The Bertz CT molecular complexity index is 345. The van der Waals surface area contributed by atoms with Gasteiger partial charge in [0.15, 0.2) is 0 Å². The molecule has 1 heterocycles. The summed E-state index contributed by atoms with van der Waals surface area (Å²) in [7, 11) is 1.90. The monoisotopic (exact) mass is 257 g/mol. The third-order valence-corrected chi connectivity index (χ3v) is 4.35. The van der Waals surface area contributed by atoms with Crippen molar-refractivity contribution in [2.24, 2.45) is 0 Å². The molecule has 1 aromatic rings. The Morgan fingerprint density at radius 3 is 3.06 bits per heavy atom. The van der Waals surface area contributed by atoms with Crippen LogP contribution >= 0.6 is 11.8 Å². The molecule has 7 heteroatoms. The number of likely N-dealkylation sites (N-methyl/N-ethyl adjacent to an activating group) is 1. The smallest absolute Gasteiger partial charge is 0.209 e. The second-order valence-electron chi connectivity index (χ2n) is 4.30. The van der Waals surface area contributed by atoms with E-state index >= 15 is 0 Å². The largest absolute Gasteiger partial charge is 0.392 e. The molecule has 1 saturated carbocycles. The predicted molar refractivity (Wildman–Crippen MR) is 65.9 cm³/mol. The fourth-order valence-electron chi connectivity index (χ4n) is 1.99. The summed E-state index contributed by atoms with van der Waals surface area (Å²) >= 11 is 1.61. The average molecular weight is 257 g/mol. The standard InChI is InChI=1S/C10H19N5OS/c1-11-6-7-15-10(12-13-14-15)17-9-5-3-2-4-8(9)16/h8-9,11,16H,2-7H2,1H3. The van der Waals surface area contributed by atoms with Gasteiger partial charge in [0.1, 0.15) is 0 Å². The van der Waals surface area contributed by atoms with Crippen LogP contribution in [0.2, 0.25) is 0 Å². The van der Waals surface area contributed by atoms with Crippen LogP contribution in [0.25, 0.3) is 0 Å². The molecule has 2 atom stereocenters. The lowest BCUT2D eigenvalue weighted by Crippen LogP contribution is -2.27. The number of nitrogens with zero attached hydrogens (tertiary/aromatic N) is 4. The van der Waals surface area contributed by atoms with Crippen molar-refractivity contribution in [3.05, 3.63) is 0 Å². The van der Waals surface area contributed by atoms with Crippen molar-refractivity contribution in [1.29, 1.82) is 0 Å². The summed E-state index contributed by atoms with van der Waals surface area (Å²) in [4.78, 5) is 0. The first-order valence-corrected chi connectivity index (χ1v) is 6.94. The van der Waals surface area contributed by atoms with Gasteiger partial charge in [-0.25, -0.2) is 4.68 Å². The Balaban J connectivity index is 1.95. The van der Waals surface area contributed by atoms with E-state index in [9.17, 15) is 5.11 Å². The molecule has 0 amide bonds. The number of tetrazole rings is 1. The SMILES string of the molecule is CNCCn1nnnc1SC1CCCCC1O. The van der Waals surface area contributed by atoms with Crippen molar-refractivity contribution in [1.82, 2.24) is 25.5 Å². The Morgan fingerprint density at radius 1 is 1.47 bits per heavy atom. The van der Waals surface area contributed by atoms with Gasteiger partial charge < -0.3 is 10.4 Å². The van der Waals surface area contributed by atoms with E-state index in [-0.39, 0.29) is 11.4 Å². The fraction of sp³-hybridized carbons (Fsp3) is 0.900. The highest BCUT2D eigenvalue weighted by atomic mass is 32.2. The molecule has 0 spiro atoms. The number of rotatable bonds is 5. The predicted octanol–water partition coefficient (Wildman–Crippen LogP) is 0.288. The van der Waals surface area contributed by atoms with E-state index in [0.717, 1.165) is 37.5 Å². The van der Waals surface area contributed by atoms with E-state index in [1.54, 1.807) is 16.4 Å². The van der Waals surface area contributed by atoms with Crippen molar-refractivity contribution in [2.75, 3.05) is 13.6 Å². The lowest BCUT2D eigenvalue weighted by Gasteiger charge is -2.26. The molecule has 0 radical (unpaired) electrons. The van der Waals surface area contributed by atoms with Gasteiger partial charge in [0.2, 0.25) is 5.16 Å². The van der Waals surface area contributed by atoms with E-state index in [0.29, 0.717) is 0 Å². The third kappa shape index (κ3) is 3.40. The minimum Gasteiger partial charge on any atom is -0.392 e. The highest BCUT2D eigenvalue weighted by molar-refractivity contribution is 7.99. The van der Waals surface area contributed by atoms with Crippen molar-refractivity contribution < 1.29 is 5.11 Å². The summed E-state index contributed by atoms with van der Waals surface area (Å²) in [5.74, 6) is 0. The number of nitrogens with one attached hydrogen (secondary N) is 1. The molecule has 1 aromatic heterocycles. The molecule has 2 unspecified atom stereocenters. The Morgan fingerprint density at radius 2 is 2.29 bits per heavy atom. The summed E-state index contributed by atoms with van der Waals surface area (Å²) in [5.41, 5.74) is 0. The maximum absolute atomic E-state index is 9.92. The quantitative estimate of drug-likeness (QED) is 0.789. The second kappa shape index (κ2) is 6.32. The summed E-state index contributed by atoms with van der Waals surface area (Å²) in [6.45, 7) is 1.60. The van der Waals surface area contributed by atoms with Crippen LogP contribution in [0.4, 0.5) is 0 Å². The zero-order valence-corrected chi connectivity index (χ0v) is 10.9. The normalized spacial score (nSPS) is 25.1. The molecule has 0 bridgehead atoms. The zero-order valence-electron chi connectivity index (χ0n) is 10.0. The lowest BCUT2D eigenvalue weighted by atomic mass is 9.97. The van der Waals surface area contributed by atoms with Gasteiger partial charge in [-0.15, -0.1) is 5.10 Å². The van der Waals surface area contributed by atoms with Crippen molar-refractivity contribution in [3.8, 4) is 0 Å². The first-order chi connectivity index (χ1) is 8.31. The van der Waals surface area contributed by atoms with E-state index < -0.39 is 0 Å². The van der Waals surface area contributed by atoms with Gasteiger partial charge in [-0.1, -0.05) is 24.6 Å². The summed E-state index contributed by atoms with van der Waals surface area (Å²) < 4.78 is 1.79. The minimum atomic E-state index is -0.219. The number of aromatic nitrogens is 4. The molecular formula is C10H19N5OS. The molecule has 2 N–H and O–H groups in total. The lowest BCUT2D eigenvalue weighted by molar-refractivity contribution is 0.136. The Hall–Kier alpha value is -0.660. The molecule has 17 heavy (non-hydrogen) atoms. The molecular weight excluding hydrogens is 238 g/mol. The van der Waals surface area contributed by atoms with Crippen LogP contribution in [0, 0.1) is 0 Å². The maximum Gasteiger partial charge on any atom is 0.209 e. The molecule has 0 saturated heterocycles. The van der Waals surface area contributed by atoms with Crippen LogP contribution in [0.1, 0.15) is 25.7 Å². The number of thioether (sulfide) groups is 1. The maximum atomic E-state index is 9.92. The van der Waals surface area contributed by atoms with E-state index in [2.05, 4.69) is 20.8 Å². The number of aliphatic hydroxyl groups excluding tert-OH is 1. The molecule has 1 aliphatic carbocycles. The summed E-state index contributed by atoms with van der Waals surface area (Å²) in [6.07, 6.45) is 4.04. The van der Waals surface area contributed by atoms with Gasteiger partial charge >= 0.3 is 0 Å². The van der Waals surface area contributed by atoms with Crippen LogP contribution < -0.4 is 5.32 Å². The van der Waals surface area contributed by atoms with Crippen LogP contribution in [0.3, 0.4) is 0 Å². The molecule has 2 rings (SSSR count). The topological polar surface area (TPSA) is 75.9 Å². The zero-order chi connectivity index (χ0) is 12.1. The van der Waals surface area contributed by atoms with Crippen LogP contribution in [0.15, 0.2) is 5.16 Å². The number of hydrogen-bond acceptors (Lipinski definition) is 6.